The van der Waals surface area contributed by atoms with Gasteiger partial charge in [-0.2, -0.15) is 11.8 Å². The lowest BCUT2D eigenvalue weighted by Crippen LogP contribution is -2.35. The number of aliphatic carboxylic acids is 1. The summed E-state index contributed by atoms with van der Waals surface area (Å²) in [7, 11) is 0. The Morgan fingerprint density at radius 2 is 1.90 bits per heavy atom. The highest BCUT2D eigenvalue weighted by Crippen LogP contribution is 2.38. The van der Waals surface area contributed by atoms with E-state index < -0.39 is 11.9 Å². The number of unbranched alkanes of at least 4 members (excludes halogenated alkanes) is 2. The molecule has 0 heterocycles. The van der Waals surface area contributed by atoms with E-state index in [0.717, 1.165) is 31.4 Å². The van der Waals surface area contributed by atoms with E-state index in [-0.39, 0.29) is 11.8 Å². The summed E-state index contributed by atoms with van der Waals surface area (Å²) in [5.74, 6) is -0.150. The predicted octanol–water partition coefficient (Wildman–Crippen LogP) is 2.77. The Hall–Kier alpha value is -0.710. The molecule has 116 valence electrons. The zero-order valence-corrected chi connectivity index (χ0v) is 13.4. The second-order valence-electron chi connectivity index (χ2n) is 5.64. The molecule has 0 aromatic heterocycles. The molecule has 0 aromatic carbocycles. The van der Waals surface area contributed by atoms with Crippen LogP contribution in [0.1, 0.15) is 45.4 Å². The molecule has 0 spiro atoms. The van der Waals surface area contributed by atoms with Crippen molar-refractivity contribution in [1.29, 1.82) is 0 Å². The molecule has 1 saturated carbocycles. The molecule has 2 N–H and O–H groups in total. The van der Waals surface area contributed by atoms with E-state index >= 15 is 0 Å². The quantitative estimate of drug-likeness (QED) is 0.643. The number of hydrogen-bond acceptors (Lipinski definition) is 3. The van der Waals surface area contributed by atoms with Gasteiger partial charge in [-0.3, -0.25) is 9.59 Å². The first-order valence-electron chi connectivity index (χ1n) is 7.59. The van der Waals surface area contributed by atoms with Gasteiger partial charge in [0.2, 0.25) is 5.91 Å². The smallest absolute Gasteiger partial charge is 0.307 e. The number of carboxylic acid groups (broad SMARTS) is 1. The zero-order chi connectivity index (χ0) is 15.0. The lowest BCUT2D eigenvalue weighted by atomic mass is 9.95. The van der Waals surface area contributed by atoms with Crippen molar-refractivity contribution in [3.63, 3.8) is 0 Å². The van der Waals surface area contributed by atoms with E-state index in [0.29, 0.717) is 18.9 Å². The third kappa shape index (κ3) is 5.35. The fourth-order valence-corrected chi connectivity index (χ4v) is 3.42. The summed E-state index contributed by atoms with van der Waals surface area (Å²) in [6.07, 6.45) is 7.71. The molecular formula is C15H27NO3S. The minimum Gasteiger partial charge on any atom is -0.481 e. The minimum atomic E-state index is -0.818. The number of amides is 1. The van der Waals surface area contributed by atoms with Crippen LogP contribution in [0, 0.1) is 17.8 Å². The molecular weight excluding hydrogens is 274 g/mol. The first-order chi connectivity index (χ1) is 9.60. The standard InChI is InChI=1S/C15H27NO3S/c1-3-11-9-12(13(10-11)15(18)19)14(17)16-7-5-4-6-8-20-2/h11-13H,3-10H2,1-2H3,(H,16,17)(H,18,19)/t11?,12-,13+/m0/s1. The first-order valence-corrected chi connectivity index (χ1v) is 8.99. The Bertz CT molecular complexity index is 322. The number of thioether (sulfide) groups is 1. The summed E-state index contributed by atoms with van der Waals surface area (Å²) >= 11 is 1.84. The average molecular weight is 301 g/mol. The van der Waals surface area contributed by atoms with Crippen LogP contribution in [-0.4, -0.2) is 35.5 Å². The molecule has 0 saturated heterocycles. The molecule has 4 nitrogen and oxygen atoms in total. The lowest BCUT2D eigenvalue weighted by Gasteiger charge is -2.15. The van der Waals surface area contributed by atoms with Crippen molar-refractivity contribution < 1.29 is 14.7 Å². The van der Waals surface area contributed by atoms with E-state index in [2.05, 4.69) is 18.5 Å². The summed E-state index contributed by atoms with van der Waals surface area (Å²) < 4.78 is 0. The third-order valence-corrected chi connectivity index (χ3v) is 4.91. The fraction of sp³-hybridized carbons (Fsp3) is 0.867. The van der Waals surface area contributed by atoms with Gasteiger partial charge in [-0.15, -0.1) is 0 Å². The molecule has 3 atom stereocenters. The van der Waals surface area contributed by atoms with Crippen LogP contribution in [0.4, 0.5) is 0 Å². The van der Waals surface area contributed by atoms with Gasteiger partial charge < -0.3 is 10.4 Å². The van der Waals surface area contributed by atoms with Gasteiger partial charge >= 0.3 is 5.97 Å². The topological polar surface area (TPSA) is 66.4 Å². The largest absolute Gasteiger partial charge is 0.481 e. The van der Waals surface area contributed by atoms with E-state index in [1.807, 2.05) is 11.8 Å². The maximum absolute atomic E-state index is 12.1. The highest BCUT2D eigenvalue weighted by atomic mass is 32.2. The highest BCUT2D eigenvalue weighted by molar-refractivity contribution is 7.98. The molecule has 0 bridgehead atoms. The van der Waals surface area contributed by atoms with Gasteiger partial charge in [0.15, 0.2) is 0 Å². The highest BCUT2D eigenvalue weighted by Gasteiger charge is 2.41. The molecule has 20 heavy (non-hydrogen) atoms. The number of nitrogens with one attached hydrogen (secondary N) is 1. The maximum atomic E-state index is 12.1. The Kier molecular flexibility index (Phi) is 8.04. The van der Waals surface area contributed by atoms with Gasteiger partial charge in [-0.05, 0) is 43.6 Å². The van der Waals surface area contributed by atoms with Crippen LogP contribution in [0.5, 0.6) is 0 Å². The molecule has 1 fully saturated rings. The van der Waals surface area contributed by atoms with E-state index in [9.17, 15) is 14.7 Å². The van der Waals surface area contributed by atoms with Gasteiger partial charge in [0.05, 0.1) is 11.8 Å². The van der Waals surface area contributed by atoms with E-state index in [1.54, 1.807) is 0 Å². The number of rotatable bonds is 9. The van der Waals surface area contributed by atoms with Crippen LogP contribution < -0.4 is 5.32 Å². The molecule has 0 aromatic rings. The van der Waals surface area contributed by atoms with Gasteiger partial charge in [0.25, 0.3) is 0 Å². The van der Waals surface area contributed by atoms with Crippen LogP contribution >= 0.6 is 11.8 Å². The third-order valence-electron chi connectivity index (χ3n) is 4.22. The number of carbonyl (C=O) groups is 2. The van der Waals surface area contributed by atoms with E-state index in [1.165, 1.54) is 6.42 Å². The molecule has 1 rings (SSSR count). The van der Waals surface area contributed by atoms with Gasteiger partial charge in [0, 0.05) is 6.54 Å². The molecule has 1 aliphatic carbocycles. The molecule has 0 radical (unpaired) electrons. The van der Waals surface area contributed by atoms with Crippen molar-refractivity contribution in [2.24, 2.45) is 17.8 Å². The van der Waals surface area contributed by atoms with Crippen LogP contribution in [0.15, 0.2) is 0 Å². The second-order valence-corrected chi connectivity index (χ2v) is 6.63. The van der Waals surface area contributed by atoms with Crippen molar-refractivity contribution >= 4 is 23.6 Å². The summed E-state index contributed by atoms with van der Waals surface area (Å²) in [4.78, 5) is 23.4. The van der Waals surface area contributed by atoms with E-state index in [4.69, 9.17) is 0 Å². The number of carbonyl (C=O) groups excluding carboxylic acids is 1. The fourth-order valence-electron chi connectivity index (χ4n) is 2.93. The molecule has 5 heteroatoms. The number of carboxylic acids is 1. The minimum absolute atomic E-state index is 0.0572. The molecule has 1 amide bonds. The summed E-state index contributed by atoms with van der Waals surface area (Å²) in [6, 6.07) is 0. The van der Waals surface area contributed by atoms with Crippen LogP contribution in [0.25, 0.3) is 0 Å². The average Bonchev–Trinajstić information content (AvgIpc) is 2.87. The summed E-state index contributed by atoms with van der Waals surface area (Å²) in [6.45, 7) is 2.74. The normalized spacial score (nSPS) is 25.6. The molecule has 1 aliphatic rings. The van der Waals surface area contributed by atoms with Crippen molar-refractivity contribution in [2.75, 3.05) is 18.6 Å². The Morgan fingerprint density at radius 1 is 1.20 bits per heavy atom. The van der Waals surface area contributed by atoms with Crippen molar-refractivity contribution in [1.82, 2.24) is 5.32 Å². The molecule has 1 unspecified atom stereocenters. The van der Waals surface area contributed by atoms with Gasteiger partial charge in [-0.25, -0.2) is 0 Å². The van der Waals surface area contributed by atoms with Crippen molar-refractivity contribution in [2.45, 2.75) is 45.4 Å². The predicted molar refractivity (Wildman–Crippen MR) is 82.9 cm³/mol. The first kappa shape index (κ1) is 17.3. The van der Waals surface area contributed by atoms with Gasteiger partial charge in [0.1, 0.15) is 0 Å². The van der Waals surface area contributed by atoms with Gasteiger partial charge in [-0.1, -0.05) is 19.8 Å². The second kappa shape index (κ2) is 9.27. The van der Waals surface area contributed by atoms with Crippen LogP contribution in [0.2, 0.25) is 0 Å². The van der Waals surface area contributed by atoms with Crippen LogP contribution in [-0.2, 0) is 9.59 Å². The zero-order valence-electron chi connectivity index (χ0n) is 12.6. The van der Waals surface area contributed by atoms with Crippen molar-refractivity contribution in [3.05, 3.63) is 0 Å². The van der Waals surface area contributed by atoms with Crippen molar-refractivity contribution in [3.8, 4) is 0 Å². The van der Waals surface area contributed by atoms with Crippen LogP contribution in [0.3, 0.4) is 0 Å². The lowest BCUT2D eigenvalue weighted by molar-refractivity contribution is -0.146. The Labute approximate surface area is 126 Å². The maximum Gasteiger partial charge on any atom is 0.307 e. The summed E-state index contributed by atoms with van der Waals surface area (Å²) in [5.41, 5.74) is 0. The molecule has 0 aliphatic heterocycles. The Morgan fingerprint density at radius 3 is 2.50 bits per heavy atom. The Balaban J connectivity index is 2.32. The number of hydrogen-bond donors (Lipinski definition) is 2. The monoisotopic (exact) mass is 301 g/mol. The summed E-state index contributed by atoms with van der Waals surface area (Å²) in [5, 5.41) is 12.2. The SMILES string of the molecule is CCC1C[C@H](C(=O)NCCCCCSC)[C@H](C(=O)O)C1.